The lowest BCUT2D eigenvalue weighted by Gasteiger charge is -2.26. The number of hydrogen-bond acceptors (Lipinski definition) is 4. The first-order chi connectivity index (χ1) is 11.6. The Bertz CT molecular complexity index is 593. The lowest BCUT2D eigenvalue weighted by Crippen LogP contribution is -2.28. The van der Waals surface area contributed by atoms with Crippen molar-refractivity contribution in [2.24, 2.45) is 11.8 Å². The Morgan fingerprint density at radius 1 is 1.25 bits per heavy atom. The first kappa shape index (κ1) is 18.2. The maximum absolute atomic E-state index is 4.28. The van der Waals surface area contributed by atoms with Gasteiger partial charge in [-0.3, -0.25) is 0 Å². The lowest BCUT2D eigenvalue weighted by molar-refractivity contribution is 0.370. The van der Waals surface area contributed by atoms with Crippen LogP contribution >= 0.6 is 0 Å². The standard InChI is InChI=1S/C19H29N5/c1-5-6-10-14(2)15(3)16(4)20-18(19-21-23-24-22-19)13-17-11-8-7-9-12-17/h7-9,11-12,14-15,18,20H,4-6,10,13H2,1-3H3,(H,21,22,23,24)/t14-,15+,18-/m0/s1. The van der Waals surface area contributed by atoms with Crippen LogP contribution in [0.1, 0.15) is 57.5 Å². The highest BCUT2D eigenvalue weighted by Gasteiger charge is 2.21. The zero-order valence-corrected chi connectivity index (χ0v) is 15.0. The summed E-state index contributed by atoms with van der Waals surface area (Å²) in [5.41, 5.74) is 2.28. The number of tetrazole rings is 1. The fourth-order valence-electron chi connectivity index (χ4n) is 2.85. The molecule has 1 heterocycles. The molecule has 2 aromatic rings. The van der Waals surface area contributed by atoms with E-state index in [-0.39, 0.29) is 6.04 Å². The molecular formula is C19H29N5. The Morgan fingerprint density at radius 3 is 2.62 bits per heavy atom. The van der Waals surface area contributed by atoms with Gasteiger partial charge in [0.2, 0.25) is 0 Å². The van der Waals surface area contributed by atoms with Gasteiger partial charge in [-0.05, 0) is 23.8 Å². The minimum Gasteiger partial charge on any atom is -0.378 e. The fourth-order valence-corrected chi connectivity index (χ4v) is 2.85. The van der Waals surface area contributed by atoms with Crippen LogP contribution in [-0.2, 0) is 6.42 Å². The average Bonchev–Trinajstić information content (AvgIpc) is 3.13. The minimum absolute atomic E-state index is 0.0283. The molecule has 0 saturated heterocycles. The maximum Gasteiger partial charge on any atom is 0.196 e. The highest BCUT2D eigenvalue weighted by Crippen LogP contribution is 2.25. The summed E-state index contributed by atoms with van der Waals surface area (Å²) in [4.78, 5) is 0. The number of nitrogens with one attached hydrogen (secondary N) is 2. The van der Waals surface area contributed by atoms with Crippen LogP contribution in [0.15, 0.2) is 42.6 Å². The number of nitrogens with zero attached hydrogens (tertiary/aromatic N) is 3. The molecule has 24 heavy (non-hydrogen) atoms. The van der Waals surface area contributed by atoms with E-state index < -0.39 is 0 Å². The molecule has 0 aliphatic heterocycles. The van der Waals surface area contributed by atoms with Crippen molar-refractivity contribution in [3.8, 4) is 0 Å². The van der Waals surface area contributed by atoms with Gasteiger partial charge in [-0.1, -0.05) is 82.2 Å². The van der Waals surface area contributed by atoms with Crippen molar-refractivity contribution in [1.29, 1.82) is 0 Å². The van der Waals surface area contributed by atoms with Crippen LogP contribution in [0.4, 0.5) is 0 Å². The predicted octanol–water partition coefficient (Wildman–Crippen LogP) is 4.05. The number of H-pyrrole nitrogens is 1. The van der Waals surface area contributed by atoms with Crippen molar-refractivity contribution in [2.75, 3.05) is 0 Å². The van der Waals surface area contributed by atoms with E-state index in [0.29, 0.717) is 17.7 Å². The molecule has 2 N–H and O–H groups in total. The van der Waals surface area contributed by atoms with E-state index in [0.717, 1.165) is 12.1 Å². The molecule has 5 nitrogen and oxygen atoms in total. The number of hydrogen-bond donors (Lipinski definition) is 2. The highest BCUT2D eigenvalue weighted by molar-refractivity contribution is 5.18. The van der Waals surface area contributed by atoms with Gasteiger partial charge in [-0.25, -0.2) is 0 Å². The third-order valence-corrected chi connectivity index (χ3v) is 4.73. The van der Waals surface area contributed by atoms with Gasteiger partial charge in [0.05, 0.1) is 6.04 Å². The molecule has 0 amide bonds. The van der Waals surface area contributed by atoms with Gasteiger partial charge in [0, 0.05) is 5.70 Å². The molecule has 1 aromatic carbocycles. The molecule has 0 fully saturated rings. The number of rotatable bonds is 10. The molecule has 0 aliphatic rings. The summed E-state index contributed by atoms with van der Waals surface area (Å²) in [5, 5.41) is 18.1. The fraction of sp³-hybridized carbons (Fsp3) is 0.526. The van der Waals surface area contributed by atoms with Crippen LogP contribution < -0.4 is 5.32 Å². The van der Waals surface area contributed by atoms with Gasteiger partial charge in [-0.15, -0.1) is 10.2 Å². The summed E-state index contributed by atoms with van der Waals surface area (Å²) >= 11 is 0. The first-order valence-electron chi connectivity index (χ1n) is 8.84. The number of aromatic nitrogens is 4. The molecule has 0 aliphatic carbocycles. The third-order valence-electron chi connectivity index (χ3n) is 4.73. The van der Waals surface area contributed by atoms with Gasteiger partial charge in [0.15, 0.2) is 5.82 Å². The Hall–Kier alpha value is -2.17. The van der Waals surface area contributed by atoms with E-state index >= 15 is 0 Å². The number of aromatic amines is 1. The second-order valence-electron chi connectivity index (χ2n) is 6.59. The molecule has 0 bridgehead atoms. The highest BCUT2D eigenvalue weighted by atomic mass is 15.5. The molecule has 0 saturated carbocycles. The molecule has 5 heteroatoms. The monoisotopic (exact) mass is 327 g/mol. The van der Waals surface area contributed by atoms with Crippen molar-refractivity contribution >= 4 is 0 Å². The average molecular weight is 327 g/mol. The van der Waals surface area contributed by atoms with E-state index in [9.17, 15) is 0 Å². The van der Waals surface area contributed by atoms with E-state index in [1.165, 1.54) is 24.8 Å². The SMILES string of the molecule is C=C(N[C@@H](Cc1ccccc1)c1nn[nH]n1)[C@H](C)[C@@H](C)CCCC. The summed E-state index contributed by atoms with van der Waals surface area (Å²) in [6, 6.07) is 10.3. The van der Waals surface area contributed by atoms with Crippen molar-refractivity contribution in [3.05, 3.63) is 54.0 Å². The zero-order chi connectivity index (χ0) is 17.4. The van der Waals surface area contributed by atoms with E-state index in [1.54, 1.807) is 0 Å². The molecule has 0 radical (unpaired) electrons. The van der Waals surface area contributed by atoms with Crippen LogP contribution in [0.2, 0.25) is 0 Å². The van der Waals surface area contributed by atoms with Crippen molar-refractivity contribution < 1.29 is 0 Å². The Balaban J connectivity index is 2.04. The van der Waals surface area contributed by atoms with Crippen molar-refractivity contribution in [1.82, 2.24) is 25.9 Å². The van der Waals surface area contributed by atoms with Crippen LogP contribution in [0, 0.1) is 11.8 Å². The van der Waals surface area contributed by atoms with Crippen LogP contribution in [-0.4, -0.2) is 20.6 Å². The van der Waals surface area contributed by atoms with E-state index in [4.69, 9.17) is 0 Å². The van der Waals surface area contributed by atoms with Crippen molar-refractivity contribution in [2.45, 2.75) is 52.5 Å². The molecule has 0 unspecified atom stereocenters. The summed E-state index contributed by atoms with van der Waals surface area (Å²) in [5.74, 6) is 1.68. The van der Waals surface area contributed by atoms with Crippen LogP contribution in [0.3, 0.4) is 0 Å². The van der Waals surface area contributed by atoms with Gasteiger partial charge in [0.1, 0.15) is 0 Å². The molecular weight excluding hydrogens is 298 g/mol. The first-order valence-corrected chi connectivity index (χ1v) is 8.84. The topological polar surface area (TPSA) is 66.5 Å². The van der Waals surface area contributed by atoms with Gasteiger partial charge in [-0.2, -0.15) is 5.21 Å². The number of benzene rings is 1. The Kier molecular flexibility index (Phi) is 6.97. The molecule has 0 spiro atoms. The maximum atomic E-state index is 4.28. The largest absolute Gasteiger partial charge is 0.378 e. The minimum atomic E-state index is -0.0283. The third kappa shape index (κ3) is 5.18. The number of allylic oxidation sites excluding steroid dienone is 1. The van der Waals surface area contributed by atoms with Gasteiger partial charge in [0.25, 0.3) is 0 Å². The summed E-state index contributed by atoms with van der Waals surface area (Å²) in [7, 11) is 0. The molecule has 1 aromatic heterocycles. The summed E-state index contributed by atoms with van der Waals surface area (Å²) < 4.78 is 0. The second-order valence-corrected chi connectivity index (χ2v) is 6.59. The second kappa shape index (κ2) is 9.21. The smallest absolute Gasteiger partial charge is 0.196 e. The summed E-state index contributed by atoms with van der Waals surface area (Å²) in [6.07, 6.45) is 4.52. The Morgan fingerprint density at radius 2 is 2.00 bits per heavy atom. The normalized spacial score (nSPS) is 14.8. The van der Waals surface area contributed by atoms with Crippen molar-refractivity contribution in [3.63, 3.8) is 0 Å². The van der Waals surface area contributed by atoms with Gasteiger partial charge >= 0.3 is 0 Å². The van der Waals surface area contributed by atoms with Crippen LogP contribution in [0.5, 0.6) is 0 Å². The van der Waals surface area contributed by atoms with Gasteiger partial charge < -0.3 is 5.32 Å². The summed E-state index contributed by atoms with van der Waals surface area (Å²) in [6.45, 7) is 11.1. The van der Waals surface area contributed by atoms with E-state index in [1.807, 2.05) is 18.2 Å². The van der Waals surface area contributed by atoms with Crippen LogP contribution in [0.25, 0.3) is 0 Å². The molecule has 130 valence electrons. The Labute approximate surface area is 145 Å². The molecule has 3 atom stereocenters. The van der Waals surface area contributed by atoms with E-state index in [2.05, 4.69) is 65.4 Å². The lowest BCUT2D eigenvalue weighted by atomic mass is 9.88. The molecule has 2 rings (SSSR count). The predicted molar refractivity (Wildman–Crippen MR) is 97.2 cm³/mol. The number of unbranched alkanes of at least 4 members (excludes halogenated alkanes) is 1. The zero-order valence-electron chi connectivity index (χ0n) is 15.0. The quantitative estimate of drug-likeness (QED) is 0.691.